The second kappa shape index (κ2) is 5.48. The van der Waals surface area contributed by atoms with E-state index in [-0.39, 0.29) is 16.2 Å². The molecule has 0 unspecified atom stereocenters. The van der Waals surface area contributed by atoms with Gasteiger partial charge in [0.05, 0.1) is 21.8 Å². The van der Waals surface area contributed by atoms with E-state index in [1.807, 2.05) is 13.8 Å². The third-order valence-corrected chi connectivity index (χ3v) is 4.10. The number of hydrogen-bond donors (Lipinski definition) is 1. The van der Waals surface area contributed by atoms with E-state index in [9.17, 15) is 13.2 Å². The third-order valence-electron chi connectivity index (χ3n) is 2.89. The van der Waals surface area contributed by atoms with Crippen molar-refractivity contribution in [3.8, 4) is 0 Å². The van der Waals surface area contributed by atoms with Crippen LogP contribution in [0.15, 0.2) is 23.2 Å². The van der Waals surface area contributed by atoms with Gasteiger partial charge >= 0.3 is 6.18 Å². The first-order chi connectivity index (χ1) is 9.17. The summed E-state index contributed by atoms with van der Waals surface area (Å²) in [5.74, 6) is 0.870. The SMILES string of the molecule is CC1(C)CCSC(Nc2cc(C(F)(F)F)ccc2Cl)=N1. The van der Waals surface area contributed by atoms with Gasteiger partial charge in [0.2, 0.25) is 0 Å². The lowest BCUT2D eigenvalue weighted by molar-refractivity contribution is -0.137. The van der Waals surface area contributed by atoms with E-state index in [1.165, 1.54) is 17.8 Å². The van der Waals surface area contributed by atoms with Crippen LogP contribution in [0.2, 0.25) is 5.02 Å². The number of benzene rings is 1. The number of thioether (sulfide) groups is 1. The maximum absolute atomic E-state index is 12.7. The number of amidine groups is 1. The molecule has 2 rings (SSSR count). The zero-order valence-electron chi connectivity index (χ0n) is 11.0. The molecular formula is C13H14ClF3N2S. The van der Waals surface area contributed by atoms with Crippen LogP contribution in [-0.2, 0) is 6.18 Å². The molecule has 20 heavy (non-hydrogen) atoms. The predicted octanol–water partition coefficient (Wildman–Crippen LogP) is 5.04. The lowest BCUT2D eigenvalue weighted by atomic mass is 10.0. The summed E-state index contributed by atoms with van der Waals surface area (Å²) in [5.41, 5.74) is -0.711. The lowest BCUT2D eigenvalue weighted by Gasteiger charge is -2.26. The highest BCUT2D eigenvalue weighted by molar-refractivity contribution is 8.14. The molecule has 0 spiro atoms. The van der Waals surface area contributed by atoms with Gasteiger partial charge in [-0.05, 0) is 38.5 Å². The molecule has 0 amide bonds. The summed E-state index contributed by atoms with van der Waals surface area (Å²) in [4.78, 5) is 4.47. The standard InChI is InChI=1S/C13H14ClF3N2S/c1-12(2)5-6-20-11(19-12)18-10-7-8(13(15,16)17)3-4-9(10)14/h3-4,7H,5-6H2,1-2H3,(H,18,19). The Labute approximate surface area is 124 Å². The Kier molecular flexibility index (Phi) is 4.25. The second-order valence-electron chi connectivity index (χ2n) is 5.15. The predicted molar refractivity (Wildman–Crippen MR) is 78.7 cm³/mol. The van der Waals surface area contributed by atoms with Crippen molar-refractivity contribution >= 4 is 34.2 Å². The Morgan fingerprint density at radius 2 is 2.05 bits per heavy atom. The molecule has 7 heteroatoms. The normalized spacial score (nSPS) is 18.6. The van der Waals surface area contributed by atoms with Crippen molar-refractivity contribution in [3.63, 3.8) is 0 Å². The van der Waals surface area contributed by atoms with Crippen LogP contribution < -0.4 is 5.32 Å². The van der Waals surface area contributed by atoms with Gasteiger partial charge in [-0.1, -0.05) is 23.4 Å². The Bertz CT molecular complexity index is 541. The fourth-order valence-corrected chi connectivity index (χ4v) is 3.19. The molecule has 0 saturated heterocycles. The fraction of sp³-hybridized carbons (Fsp3) is 0.462. The summed E-state index contributed by atoms with van der Waals surface area (Å²) in [6, 6.07) is 3.21. The molecule has 1 N–H and O–H groups in total. The number of aliphatic imine (C=N–C) groups is 1. The van der Waals surface area contributed by atoms with Crippen LogP contribution in [-0.4, -0.2) is 16.5 Å². The average Bonchev–Trinajstić information content (AvgIpc) is 2.29. The summed E-state index contributed by atoms with van der Waals surface area (Å²) in [5, 5.41) is 3.74. The zero-order chi connectivity index (χ0) is 15.0. The smallest absolute Gasteiger partial charge is 0.334 e. The molecule has 1 aliphatic rings. The highest BCUT2D eigenvalue weighted by Gasteiger charge is 2.31. The van der Waals surface area contributed by atoms with E-state index in [2.05, 4.69) is 10.3 Å². The van der Waals surface area contributed by atoms with Gasteiger partial charge in [0, 0.05) is 5.75 Å². The van der Waals surface area contributed by atoms with Gasteiger partial charge in [0.1, 0.15) is 0 Å². The van der Waals surface area contributed by atoms with Crippen LogP contribution >= 0.6 is 23.4 Å². The molecular weight excluding hydrogens is 309 g/mol. The van der Waals surface area contributed by atoms with Crippen LogP contribution in [0.1, 0.15) is 25.8 Å². The average molecular weight is 323 g/mol. The van der Waals surface area contributed by atoms with E-state index < -0.39 is 11.7 Å². The van der Waals surface area contributed by atoms with Gasteiger partial charge in [-0.15, -0.1) is 0 Å². The Morgan fingerprint density at radius 3 is 2.65 bits per heavy atom. The summed E-state index contributed by atoms with van der Waals surface area (Å²) >= 11 is 7.42. The topological polar surface area (TPSA) is 24.4 Å². The van der Waals surface area contributed by atoms with E-state index >= 15 is 0 Å². The van der Waals surface area contributed by atoms with Gasteiger partial charge in [0.15, 0.2) is 5.17 Å². The molecule has 0 atom stereocenters. The van der Waals surface area contributed by atoms with Crippen molar-refractivity contribution in [2.45, 2.75) is 32.0 Å². The highest BCUT2D eigenvalue weighted by Crippen LogP contribution is 2.35. The minimum atomic E-state index is -4.39. The number of hydrogen-bond acceptors (Lipinski definition) is 3. The summed E-state index contributed by atoms with van der Waals surface area (Å²) < 4.78 is 38.1. The van der Waals surface area contributed by atoms with E-state index in [0.717, 1.165) is 24.3 Å². The summed E-state index contributed by atoms with van der Waals surface area (Å²) in [7, 11) is 0. The number of anilines is 1. The van der Waals surface area contributed by atoms with E-state index in [0.29, 0.717) is 5.17 Å². The maximum Gasteiger partial charge on any atom is 0.416 e. The molecule has 0 bridgehead atoms. The molecule has 110 valence electrons. The highest BCUT2D eigenvalue weighted by atomic mass is 35.5. The third kappa shape index (κ3) is 3.82. The fourth-order valence-electron chi connectivity index (χ4n) is 1.74. The number of alkyl halides is 3. The first-order valence-electron chi connectivity index (χ1n) is 6.04. The molecule has 0 saturated carbocycles. The molecule has 1 aromatic rings. The van der Waals surface area contributed by atoms with Crippen LogP contribution in [0.4, 0.5) is 18.9 Å². The van der Waals surface area contributed by atoms with Crippen LogP contribution in [0.25, 0.3) is 0 Å². The van der Waals surface area contributed by atoms with Gasteiger partial charge in [0.25, 0.3) is 0 Å². The molecule has 2 nitrogen and oxygen atoms in total. The van der Waals surface area contributed by atoms with Gasteiger partial charge in [-0.3, -0.25) is 4.99 Å². The van der Waals surface area contributed by atoms with Crippen molar-refractivity contribution in [2.75, 3.05) is 11.1 Å². The zero-order valence-corrected chi connectivity index (χ0v) is 12.6. The van der Waals surface area contributed by atoms with Crippen LogP contribution in [0.3, 0.4) is 0 Å². The summed E-state index contributed by atoms with van der Waals surface area (Å²) in [6.45, 7) is 3.98. The Balaban J connectivity index is 2.27. The molecule has 1 aliphatic heterocycles. The van der Waals surface area contributed by atoms with Crippen molar-refractivity contribution in [1.29, 1.82) is 0 Å². The molecule has 0 radical (unpaired) electrons. The van der Waals surface area contributed by atoms with Crippen molar-refractivity contribution < 1.29 is 13.2 Å². The monoisotopic (exact) mass is 322 g/mol. The Morgan fingerprint density at radius 1 is 1.35 bits per heavy atom. The van der Waals surface area contributed by atoms with Crippen molar-refractivity contribution in [3.05, 3.63) is 28.8 Å². The number of rotatable bonds is 1. The molecule has 1 heterocycles. The minimum absolute atomic E-state index is 0.207. The number of halogens is 4. The van der Waals surface area contributed by atoms with Crippen molar-refractivity contribution in [1.82, 2.24) is 0 Å². The maximum atomic E-state index is 12.7. The molecule has 0 fully saturated rings. The summed E-state index contributed by atoms with van der Waals surface area (Å²) in [6.07, 6.45) is -3.46. The van der Waals surface area contributed by atoms with Gasteiger partial charge in [-0.25, -0.2) is 0 Å². The van der Waals surface area contributed by atoms with Gasteiger partial charge < -0.3 is 5.32 Å². The first kappa shape index (κ1) is 15.5. The first-order valence-corrected chi connectivity index (χ1v) is 7.40. The molecule has 1 aromatic carbocycles. The van der Waals surface area contributed by atoms with Crippen LogP contribution in [0.5, 0.6) is 0 Å². The number of nitrogens with zero attached hydrogens (tertiary/aromatic N) is 1. The lowest BCUT2D eigenvalue weighted by Crippen LogP contribution is -2.27. The van der Waals surface area contributed by atoms with Gasteiger partial charge in [-0.2, -0.15) is 13.2 Å². The van der Waals surface area contributed by atoms with E-state index in [1.54, 1.807) is 0 Å². The van der Waals surface area contributed by atoms with E-state index in [4.69, 9.17) is 11.6 Å². The largest absolute Gasteiger partial charge is 0.416 e. The van der Waals surface area contributed by atoms with Crippen LogP contribution in [0, 0.1) is 0 Å². The molecule has 0 aromatic heterocycles. The number of nitrogens with one attached hydrogen (secondary N) is 1. The minimum Gasteiger partial charge on any atom is -0.334 e. The second-order valence-corrected chi connectivity index (χ2v) is 6.64. The molecule has 0 aliphatic carbocycles. The van der Waals surface area contributed by atoms with Crippen molar-refractivity contribution in [2.24, 2.45) is 4.99 Å². The Hall–Kier alpha value is -0.880. The quantitative estimate of drug-likeness (QED) is 0.783.